The number of aromatic nitrogens is 1. The maximum Gasteiger partial charge on any atom is 0.420 e. The number of carbonyl (C=O) groups is 1. The van der Waals surface area contributed by atoms with Crippen LogP contribution in [0.3, 0.4) is 0 Å². The number of likely N-dealkylation sites (tertiary alicyclic amines) is 1. The van der Waals surface area contributed by atoms with Crippen LogP contribution in [-0.2, 0) is 6.54 Å². The molecule has 0 bridgehead atoms. The summed E-state index contributed by atoms with van der Waals surface area (Å²) in [5, 5.41) is 0. The van der Waals surface area contributed by atoms with Crippen LogP contribution in [0.15, 0.2) is 57.7 Å². The molecule has 1 saturated heterocycles. The van der Waals surface area contributed by atoms with E-state index in [1.807, 2.05) is 18.2 Å². The Labute approximate surface area is 143 Å². The van der Waals surface area contributed by atoms with E-state index in [-0.39, 0.29) is 17.8 Å². The van der Waals surface area contributed by atoms with E-state index in [1.54, 1.807) is 15.5 Å². The van der Waals surface area contributed by atoms with Gasteiger partial charge in [0.1, 0.15) is 5.82 Å². The molecule has 1 amide bonds. The van der Waals surface area contributed by atoms with Crippen LogP contribution in [-0.4, -0.2) is 28.0 Å². The Balaban J connectivity index is 1.61. The first-order valence-electron chi connectivity index (χ1n) is 8.28. The third-order valence-electron chi connectivity index (χ3n) is 4.70. The summed E-state index contributed by atoms with van der Waals surface area (Å²) in [6.45, 7) is 1.02. The van der Waals surface area contributed by atoms with Gasteiger partial charge in [0.15, 0.2) is 5.58 Å². The van der Waals surface area contributed by atoms with Gasteiger partial charge in [-0.3, -0.25) is 9.36 Å². The molecular weight excluding hydrogens is 323 g/mol. The minimum Gasteiger partial charge on any atom is -0.408 e. The van der Waals surface area contributed by atoms with Gasteiger partial charge in [0.25, 0.3) is 5.91 Å². The molecule has 0 N–H and O–H groups in total. The number of oxazole rings is 1. The van der Waals surface area contributed by atoms with Crippen molar-refractivity contribution in [2.45, 2.75) is 25.4 Å². The summed E-state index contributed by atoms with van der Waals surface area (Å²) < 4.78 is 19.9. The first-order valence-corrected chi connectivity index (χ1v) is 8.28. The van der Waals surface area contributed by atoms with Gasteiger partial charge < -0.3 is 9.32 Å². The Morgan fingerprint density at radius 2 is 1.92 bits per heavy atom. The summed E-state index contributed by atoms with van der Waals surface area (Å²) in [5.41, 5.74) is 1.73. The van der Waals surface area contributed by atoms with Crippen LogP contribution in [0.4, 0.5) is 4.39 Å². The largest absolute Gasteiger partial charge is 0.420 e. The van der Waals surface area contributed by atoms with Crippen LogP contribution in [0.5, 0.6) is 0 Å². The molecule has 1 aliphatic heterocycles. The van der Waals surface area contributed by atoms with Crippen molar-refractivity contribution < 1.29 is 13.6 Å². The fraction of sp³-hybridized carbons (Fsp3) is 0.263. The molecule has 3 aromatic rings. The van der Waals surface area contributed by atoms with E-state index in [0.717, 1.165) is 18.4 Å². The van der Waals surface area contributed by atoms with Crippen molar-refractivity contribution in [1.82, 2.24) is 9.47 Å². The molecule has 4 rings (SSSR count). The highest BCUT2D eigenvalue weighted by Crippen LogP contribution is 2.23. The number of nitrogens with zero attached hydrogens (tertiary/aromatic N) is 2. The number of hydrogen-bond acceptors (Lipinski definition) is 3. The van der Waals surface area contributed by atoms with Gasteiger partial charge in [-0.1, -0.05) is 12.1 Å². The standard InChI is InChI=1S/C19H17FN2O3/c20-14-9-7-13(8-10-14)18(23)21-11-3-4-15(21)12-22-16-5-1-2-6-17(16)25-19(22)24/h1-2,5-10,15H,3-4,11-12H2/t15-/m1/s1. The molecule has 1 fully saturated rings. The van der Waals surface area contributed by atoms with Gasteiger partial charge in [-0.15, -0.1) is 0 Å². The third-order valence-corrected chi connectivity index (χ3v) is 4.70. The fourth-order valence-corrected chi connectivity index (χ4v) is 3.45. The lowest BCUT2D eigenvalue weighted by Crippen LogP contribution is -2.39. The Bertz CT molecular complexity index is 974. The van der Waals surface area contributed by atoms with E-state index < -0.39 is 5.76 Å². The Morgan fingerprint density at radius 1 is 1.16 bits per heavy atom. The highest BCUT2D eigenvalue weighted by Gasteiger charge is 2.30. The van der Waals surface area contributed by atoms with Gasteiger partial charge in [0.05, 0.1) is 11.6 Å². The van der Waals surface area contributed by atoms with Crippen molar-refractivity contribution in [2.24, 2.45) is 0 Å². The minimum atomic E-state index is -0.415. The van der Waals surface area contributed by atoms with Crippen molar-refractivity contribution in [3.63, 3.8) is 0 Å². The Kier molecular flexibility index (Phi) is 3.87. The van der Waals surface area contributed by atoms with E-state index in [9.17, 15) is 14.0 Å². The second-order valence-electron chi connectivity index (χ2n) is 6.25. The lowest BCUT2D eigenvalue weighted by Gasteiger charge is -2.25. The quantitative estimate of drug-likeness (QED) is 0.736. The van der Waals surface area contributed by atoms with Crippen LogP contribution in [0.25, 0.3) is 11.1 Å². The molecule has 25 heavy (non-hydrogen) atoms. The molecule has 1 aromatic heterocycles. The lowest BCUT2D eigenvalue weighted by atomic mass is 10.1. The zero-order chi connectivity index (χ0) is 17.4. The van der Waals surface area contributed by atoms with Crippen LogP contribution >= 0.6 is 0 Å². The predicted molar refractivity (Wildman–Crippen MR) is 90.9 cm³/mol. The number of halogens is 1. The molecule has 0 aliphatic carbocycles. The minimum absolute atomic E-state index is 0.0868. The first kappa shape index (κ1) is 15.6. The van der Waals surface area contributed by atoms with Crippen molar-refractivity contribution in [1.29, 1.82) is 0 Å². The van der Waals surface area contributed by atoms with Crippen molar-refractivity contribution in [3.05, 3.63) is 70.5 Å². The topological polar surface area (TPSA) is 55.5 Å². The van der Waals surface area contributed by atoms with Gasteiger partial charge in [-0.2, -0.15) is 0 Å². The van der Waals surface area contributed by atoms with Crippen LogP contribution in [0, 0.1) is 5.82 Å². The molecule has 5 nitrogen and oxygen atoms in total. The predicted octanol–water partition coefficient (Wildman–Crippen LogP) is 3.04. The van der Waals surface area contributed by atoms with E-state index in [2.05, 4.69) is 0 Å². The molecule has 2 heterocycles. The van der Waals surface area contributed by atoms with Gasteiger partial charge >= 0.3 is 5.76 Å². The molecule has 0 saturated carbocycles. The molecule has 0 radical (unpaired) electrons. The Morgan fingerprint density at radius 3 is 2.72 bits per heavy atom. The maximum atomic E-state index is 13.1. The number of carbonyl (C=O) groups excluding carboxylic acids is 1. The maximum absolute atomic E-state index is 13.1. The summed E-state index contributed by atoms with van der Waals surface area (Å²) >= 11 is 0. The zero-order valence-corrected chi connectivity index (χ0v) is 13.5. The first-order chi connectivity index (χ1) is 12.1. The smallest absolute Gasteiger partial charge is 0.408 e. The number of rotatable bonds is 3. The average Bonchev–Trinajstić information content (AvgIpc) is 3.20. The number of benzene rings is 2. The SMILES string of the molecule is O=C(c1ccc(F)cc1)N1CCC[C@@H]1Cn1c(=O)oc2ccccc21. The van der Waals surface area contributed by atoms with E-state index >= 15 is 0 Å². The van der Waals surface area contributed by atoms with Crippen LogP contribution in [0.1, 0.15) is 23.2 Å². The Hall–Kier alpha value is -2.89. The summed E-state index contributed by atoms with van der Waals surface area (Å²) in [6, 6.07) is 12.7. The van der Waals surface area contributed by atoms with Gasteiger partial charge in [-0.05, 0) is 49.2 Å². The monoisotopic (exact) mass is 340 g/mol. The highest BCUT2D eigenvalue weighted by atomic mass is 19.1. The molecule has 6 heteroatoms. The van der Waals surface area contributed by atoms with Gasteiger partial charge in [-0.25, -0.2) is 9.18 Å². The second-order valence-corrected chi connectivity index (χ2v) is 6.25. The summed E-state index contributed by atoms with van der Waals surface area (Å²) in [4.78, 5) is 26.7. The van der Waals surface area contributed by atoms with Crippen molar-refractivity contribution in [3.8, 4) is 0 Å². The van der Waals surface area contributed by atoms with Gasteiger partial charge in [0, 0.05) is 18.7 Å². The number of hydrogen-bond donors (Lipinski definition) is 0. The number of amides is 1. The normalized spacial score (nSPS) is 17.3. The van der Waals surface area contributed by atoms with Crippen molar-refractivity contribution in [2.75, 3.05) is 6.54 Å². The average molecular weight is 340 g/mol. The van der Waals surface area contributed by atoms with E-state index in [4.69, 9.17) is 4.42 Å². The van der Waals surface area contributed by atoms with Crippen LogP contribution in [0.2, 0.25) is 0 Å². The summed E-state index contributed by atoms with van der Waals surface area (Å²) in [5.74, 6) is -0.920. The molecule has 0 unspecified atom stereocenters. The lowest BCUT2D eigenvalue weighted by molar-refractivity contribution is 0.0723. The van der Waals surface area contributed by atoms with E-state index in [1.165, 1.54) is 24.3 Å². The second kappa shape index (κ2) is 6.20. The van der Waals surface area contributed by atoms with Crippen LogP contribution < -0.4 is 5.76 Å². The summed E-state index contributed by atoms with van der Waals surface area (Å²) in [7, 11) is 0. The number of para-hydroxylation sites is 2. The molecule has 128 valence electrons. The molecule has 1 aliphatic rings. The molecule has 0 spiro atoms. The molecule has 1 atom stereocenters. The fourth-order valence-electron chi connectivity index (χ4n) is 3.45. The van der Waals surface area contributed by atoms with Crippen molar-refractivity contribution >= 4 is 17.0 Å². The zero-order valence-electron chi connectivity index (χ0n) is 13.5. The van der Waals surface area contributed by atoms with E-state index in [0.29, 0.717) is 24.2 Å². The highest BCUT2D eigenvalue weighted by molar-refractivity contribution is 5.94. The molecule has 2 aromatic carbocycles. The van der Waals surface area contributed by atoms with Gasteiger partial charge in [0.2, 0.25) is 0 Å². The molecular formula is C19H17FN2O3. The summed E-state index contributed by atoms with van der Waals surface area (Å²) in [6.07, 6.45) is 1.70. The third kappa shape index (κ3) is 2.84. The number of fused-ring (bicyclic) bond motifs is 1.